The first-order valence-corrected chi connectivity index (χ1v) is 13.1. The lowest BCUT2D eigenvalue weighted by atomic mass is 10.1. The van der Waals surface area contributed by atoms with Crippen LogP contribution in [0.4, 0.5) is 0 Å². The molecule has 0 aliphatic heterocycles. The topological polar surface area (TPSA) is 173 Å². The molecule has 3 aromatic rings. The van der Waals surface area contributed by atoms with Gasteiger partial charge < -0.3 is 14.4 Å². The smallest absolute Gasteiger partial charge is 0.315 e. The van der Waals surface area contributed by atoms with Gasteiger partial charge in [0, 0.05) is 25.1 Å². The number of rotatable bonds is 8. The lowest BCUT2D eigenvalue weighted by Crippen LogP contribution is -2.49. The molecule has 0 bridgehead atoms. The molecule has 1 aromatic carbocycles. The standard InChI is InChI=1S/C19H22N5O7PS/c1-19(33(2,30)31,18(26)22-32(27,28)29)8-12-23-11-7-15(13-17(23)25)14-3-5-16(6-4-14)24-20-9-10-21-24/h3-7,9-11,13H,8,12H2,1-2H3,(H3,22,26,27,28,29). The highest BCUT2D eigenvalue weighted by Gasteiger charge is 2.45. The van der Waals surface area contributed by atoms with Crippen LogP contribution < -0.4 is 10.6 Å². The molecule has 0 radical (unpaired) electrons. The zero-order valence-electron chi connectivity index (χ0n) is 17.7. The number of hydrogen-bond donors (Lipinski definition) is 3. The number of aryl methyl sites for hydroxylation is 1. The Labute approximate surface area is 189 Å². The van der Waals surface area contributed by atoms with Crippen molar-refractivity contribution in [2.75, 3.05) is 6.26 Å². The summed E-state index contributed by atoms with van der Waals surface area (Å²) in [6, 6.07) is 10.2. The Morgan fingerprint density at radius 3 is 2.24 bits per heavy atom. The molecule has 0 aliphatic rings. The lowest BCUT2D eigenvalue weighted by molar-refractivity contribution is -0.122. The molecule has 0 spiro atoms. The van der Waals surface area contributed by atoms with Crippen molar-refractivity contribution in [1.29, 1.82) is 0 Å². The molecule has 2 heterocycles. The minimum Gasteiger partial charge on any atom is -0.315 e. The van der Waals surface area contributed by atoms with Crippen LogP contribution in [0.3, 0.4) is 0 Å². The highest BCUT2D eigenvalue weighted by atomic mass is 32.2. The van der Waals surface area contributed by atoms with Crippen molar-refractivity contribution < 1.29 is 27.6 Å². The van der Waals surface area contributed by atoms with Gasteiger partial charge in [0.15, 0.2) is 9.84 Å². The predicted molar refractivity (Wildman–Crippen MR) is 119 cm³/mol. The van der Waals surface area contributed by atoms with E-state index in [0.717, 1.165) is 24.4 Å². The number of nitrogens with zero attached hydrogens (tertiary/aromatic N) is 4. The average Bonchev–Trinajstić information content (AvgIpc) is 3.25. The zero-order valence-corrected chi connectivity index (χ0v) is 19.4. The fourth-order valence-electron chi connectivity index (χ4n) is 3.06. The number of hydrogen-bond acceptors (Lipinski definition) is 7. The number of sulfone groups is 1. The molecule has 1 atom stereocenters. The summed E-state index contributed by atoms with van der Waals surface area (Å²) in [4.78, 5) is 44.3. The summed E-state index contributed by atoms with van der Waals surface area (Å²) in [6.45, 7) is 0.893. The molecule has 1 amide bonds. The molecule has 0 saturated carbocycles. The van der Waals surface area contributed by atoms with Crippen molar-refractivity contribution in [3.05, 3.63) is 65.3 Å². The molecule has 0 aliphatic carbocycles. The van der Waals surface area contributed by atoms with E-state index in [0.29, 0.717) is 5.56 Å². The van der Waals surface area contributed by atoms with Gasteiger partial charge in [0.2, 0.25) is 5.91 Å². The van der Waals surface area contributed by atoms with E-state index in [1.165, 1.54) is 26.7 Å². The Morgan fingerprint density at radius 1 is 1.12 bits per heavy atom. The first kappa shape index (κ1) is 24.5. The van der Waals surface area contributed by atoms with Crippen LogP contribution in [0, 0.1) is 0 Å². The van der Waals surface area contributed by atoms with Crippen molar-refractivity contribution in [2.24, 2.45) is 0 Å². The summed E-state index contributed by atoms with van der Waals surface area (Å²) >= 11 is 0. The van der Waals surface area contributed by atoms with Crippen LogP contribution in [-0.4, -0.2) is 54.7 Å². The molecule has 0 fully saturated rings. The van der Waals surface area contributed by atoms with E-state index in [-0.39, 0.29) is 13.0 Å². The molecule has 2 aromatic heterocycles. The van der Waals surface area contributed by atoms with Gasteiger partial charge in [-0.2, -0.15) is 15.0 Å². The Kier molecular flexibility index (Phi) is 6.70. The quantitative estimate of drug-likeness (QED) is 0.376. The molecule has 12 nitrogen and oxygen atoms in total. The molecular weight excluding hydrogens is 473 g/mol. The number of pyridine rings is 1. The average molecular weight is 495 g/mol. The fraction of sp³-hybridized carbons (Fsp3) is 0.263. The maximum absolute atomic E-state index is 12.6. The highest BCUT2D eigenvalue weighted by molar-refractivity contribution is 7.92. The Bertz CT molecular complexity index is 1360. The van der Waals surface area contributed by atoms with Crippen molar-refractivity contribution >= 4 is 23.5 Å². The molecule has 3 N–H and O–H groups in total. The van der Waals surface area contributed by atoms with Crippen molar-refractivity contribution in [2.45, 2.75) is 24.6 Å². The summed E-state index contributed by atoms with van der Waals surface area (Å²) in [7, 11) is -9.07. The highest BCUT2D eigenvalue weighted by Crippen LogP contribution is 2.32. The summed E-state index contributed by atoms with van der Waals surface area (Å²) in [5.41, 5.74) is 1.70. The van der Waals surface area contributed by atoms with Gasteiger partial charge in [-0.3, -0.25) is 14.7 Å². The second kappa shape index (κ2) is 9.02. The molecule has 33 heavy (non-hydrogen) atoms. The minimum atomic E-state index is -5.00. The first-order valence-electron chi connectivity index (χ1n) is 9.56. The van der Waals surface area contributed by atoms with E-state index >= 15 is 0 Å². The normalized spacial score (nSPS) is 13.9. The first-order chi connectivity index (χ1) is 15.3. The maximum atomic E-state index is 12.6. The second-order valence-corrected chi connectivity index (χ2v) is 11.3. The molecule has 0 saturated heterocycles. The summed E-state index contributed by atoms with van der Waals surface area (Å²) < 4.78 is 34.6. The molecule has 14 heteroatoms. The van der Waals surface area contributed by atoms with Gasteiger partial charge in [-0.05, 0) is 42.7 Å². The van der Waals surface area contributed by atoms with Gasteiger partial charge in [-0.1, -0.05) is 12.1 Å². The van der Waals surface area contributed by atoms with Gasteiger partial charge in [0.1, 0.15) is 4.75 Å². The van der Waals surface area contributed by atoms with Crippen LogP contribution in [0.15, 0.2) is 59.8 Å². The number of amides is 1. The lowest BCUT2D eigenvalue weighted by Gasteiger charge is -2.26. The summed E-state index contributed by atoms with van der Waals surface area (Å²) in [6.07, 6.45) is 4.99. The molecule has 176 valence electrons. The Morgan fingerprint density at radius 2 is 1.73 bits per heavy atom. The number of nitrogens with one attached hydrogen (secondary N) is 1. The van der Waals surface area contributed by atoms with Gasteiger partial charge in [-0.25, -0.2) is 13.0 Å². The van der Waals surface area contributed by atoms with Crippen molar-refractivity contribution in [1.82, 2.24) is 24.6 Å². The van der Waals surface area contributed by atoms with E-state index < -0.39 is 33.8 Å². The van der Waals surface area contributed by atoms with Crippen LogP contribution in [0.2, 0.25) is 0 Å². The third-order valence-electron chi connectivity index (χ3n) is 5.22. The van der Waals surface area contributed by atoms with Crippen LogP contribution in [-0.2, 0) is 25.7 Å². The Balaban J connectivity index is 1.80. The number of aromatic nitrogens is 4. The molecule has 3 rings (SSSR count). The Hall–Kier alpha value is -3.12. The van der Waals surface area contributed by atoms with Gasteiger partial charge in [0.25, 0.3) is 5.56 Å². The monoisotopic (exact) mass is 495 g/mol. The molecular formula is C19H22N5O7PS. The van der Waals surface area contributed by atoms with Crippen LogP contribution in [0.25, 0.3) is 16.8 Å². The van der Waals surface area contributed by atoms with E-state index in [9.17, 15) is 22.6 Å². The summed E-state index contributed by atoms with van der Waals surface area (Å²) in [5.74, 6) is -1.34. The van der Waals surface area contributed by atoms with Crippen LogP contribution in [0.5, 0.6) is 0 Å². The fourth-order valence-corrected chi connectivity index (χ4v) is 4.50. The van der Waals surface area contributed by atoms with Crippen molar-refractivity contribution in [3.8, 4) is 16.8 Å². The van der Waals surface area contributed by atoms with Crippen molar-refractivity contribution in [3.63, 3.8) is 0 Å². The minimum absolute atomic E-state index is 0.166. The third-order valence-corrected chi connectivity index (χ3v) is 7.74. The van der Waals surface area contributed by atoms with E-state index in [1.54, 1.807) is 42.7 Å². The van der Waals surface area contributed by atoms with Gasteiger partial charge in [0.05, 0.1) is 18.1 Å². The SMILES string of the molecule is CC(CCn1ccc(-c2ccc(-n3nccn3)cc2)cc1=O)(C(=O)NP(=O)(O)O)S(C)(=O)=O. The van der Waals surface area contributed by atoms with E-state index in [1.807, 2.05) is 0 Å². The largest absolute Gasteiger partial charge is 0.429 e. The second-order valence-electron chi connectivity index (χ2n) is 7.55. The van der Waals surface area contributed by atoms with Gasteiger partial charge in [-0.15, -0.1) is 0 Å². The maximum Gasteiger partial charge on any atom is 0.429 e. The summed E-state index contributed by atoms with van der Waals surface area (Å²) in [5, 5.41) is 9.50. The predicted octanol–water partition coefficient (Wildman–Crippen LogP) is 0.498. The van der Waals surface area contributed by atoms with E-state index in [2.05, 4.69) is 10.2 Å². The van der Waals surface area contributed by atoms with Crippen LogP contribution >= 0.6 is 7.75 Å². The molecule has 1 unspecified atom stereocenters. The third kappa shape index (κ3) is 5.63. The van der Waals surface area contributed by atoms with Crippen LogP contribution in [0.1, 0.15) is 13.3 Å². The number of benzene rings is 1. The van der Waals surface area contributed by atoms with Gasteiger partial charge >= 0.3 is 7.75 Å². The van der Waals surface area contributed by atoms with E-state index in [4.69, 9.17) is 9.79 Å². The zero-order chi connectivity index (χ0) is 24.4. The number of carbonyl (C=O) groups is 1. The number of carbonyl (C=O) groups excluding carboxylic acids is 1.